The molecule has 0 amide bonds. The summed E-state index contributed by atoms with van der Waals surface area (Å²) in [5.41, 5.74) is 3.19. The maximum atomic E-state index is 10.5. The molecule has 0 atom stereocenters. The van der Waals surface area contributed by atoms with Gasteiger partial charge in [-0.25, -0.2) is 0 Å². The molecule has 1 aromatic heterocycles. The second kappa shape index (κ2) is 2.09. The predicted octanol–water partition coefficient (Wildman–Crippen LogP) is 1.47. The number of aromatic nitrogens is 1. The van der Waals surface area contributed by atoms with Gasteiger partial charge >= 0.3 is 0 Å². The van der Waals surface area contributed by atoms with E-state index in [0.717, 1.165) is 24.0 Å². The van der Waals surface area contributed by atoms with E-state index in [1.807, 2.05) is 25.3 Å². The first-order valence-corrected chi connectivity index (χ1v) is 3.63. The Bertz CT molecular complexity index is 333. The van der Waals surface area contributed by atoms with Crippen LogP contribution in [-0.2, 0) is 11.3 Å². The van der Waals surface area contributed by atoms with Crippen molar-refractivity contribution in [2.75, 3.05) is 0 Å². The zero-order valence-corrected chi connectivity index (χ0v) is 6.37. The molecule has 0 bridgehead atoms. The Morgan fingerprint density at radius 1 is 1.64 bits per heavy atom. The molecule has 2 nitrogen and oxygen atoms in total. The molecule has 0 N–H and O–H groups in total. The van der Waals surface area contributed by atoms with E-state index in [4.69, 9.17) is 0 Å². The van der Waals surface area contributed by atoms with Crippen LogP contribution in [0.15, 0.2) is 23.9 Å². The lowest BCUT2D eigenvalue weighted by Gasteiger charge is -1.94. The summed E-state index contributed by atoms with van der Waals surface area (Å²) >= 11 is 0. The number of nitrogens with zero attached hydrogens (tertiary/aromatic N) is 1. The first-order valence-electron chi connectivity index (χ1n) is 3.63. The number of allylic oxidation sites excluding steroid dienone is 2. The van der Waals surface area contributed by atoms with Crippen LogP contribution in [0.25, 0.3) is 5.57 Å². The summed E-state index contributed by atoms with van der Waals surface area (Å²) < 4.78 is 2.08. The highest BCUT2D eigenvalue weighted by molar-refractivity contribution is 5.88. The number of aldehydes is 1. The summed E-state index contributed by atoms with van der Waals surface area (Å²) in [6, 6.07) is 4.03. The van der Waals surface area contributed by atoms with E-state index in [-0.39, 0.29) is 0 Å². The maximum absolute atomic E-state index is 10.5. The van der Waals surface area contributed by atoms with Crippen LogP contribution in [0.1, 0.15) is 12.6 Å². The standard InChI is InChI=1S/C9H9NO/c1-7-8(6-11)5-10-4-2-3-9(7)10/h2-4,6H,5H2,1H3. The summed E-state index contributed by atoms with van der Waals surface area (Å²) in [4.78, 5) is 10.5. The molecule has 2 heteroatoms. The van der Waals surface area contributed by atoms with E-state index in [1.165, 1.54) is 5.69 Å². The normalized spacial score (nSPS) is 15.4. The van der Waals surface area contributed by atoms with E-state index < -0.39 is 0 Å². The van der Waals surface area contributed by atoms with Gasteiger partial charge < -0.3 is 4.57 Å². The molecule has 1 aliphatic heterocycles. The number of rotatable bonds is 1. The first kappa shape index (κ1) is 6.40. The number of hydrogen-bond donors (Lipinski definition) is 0. The fourth-order valence-electron chi connectivity index (χ4n) is 1.48. The van der Waals surface area contributed by atoms with E-state index in [9.17, 15) is 4.79 Å². The number of fused-ring (bicyclic) bond motifs is 1. The molecule has 1 aromatic rings. The molecule has 0 aromatic carbocycles. The minimum absolute atomic E-state index is 0.748. The first-order chi connectivity index (χ1) is 5.33. The van der Waals surface area contributed by atoms with E-state index in [2.05, 4.69) is 4.57 Å². The van der Waals surface area contributed by atoms with Gasteiger partial charge in [0.05, 0.1) is 6.54 Å². The third-order valence-corrected chi connectivity index (χ3v) is 2.18. The van der Waals surface area contributed by atoms with Crippen molar-refractivity contribution in [2.45, 2.75) is 13.5 Å². The van der Waals surface area contributed by atoms with Crippen molar-refractivity contribution in [3.63, 3.8) is 0 Å². The van der Waals surface area contributed by atoms with Crippen molar-refractivity contribution in [1.82, 2.24) is 4.57 Å². The van der Waals surface area contributed by atoms with E-state index in [1.54, 1.807) is 0 Å². The molecule has 0 saturated carbocycles. The Hall–Kier alpha value is -1.31. The second-order valence-corrected chi connectivity index (χ2v) is 2.79. The Kier molecular flexibility index (Phi) is 1.22. The molecular formula is C9H9NO. The van der Waals surface area contributed by atoms with Gasteiger partial charge in [-0.1, -0.05) is 0 Å². The Morgan fingerprint density at radius 3 is 3.09 bits per heavy atom. The molecule has 0 fully saturated rings. The minimum atomic E-state index is 0.748. The number of carbonyl (C=O) groups excluding carboxylic acids is 1. The highest BCUT2D eigenvalue weighted by Crippen LogP contribution is 2.25. The average Bonchev–Trinajstić information content (AvgIpc) is 2.53. The van der Waals surface area contributed by atoms with Crippen molar-refractivity contribution in [2.24, 2.45) is 0 Å². The van der Waals surface area contributed by atoms with Crippen LogP contribution < -0.4 is 0 Å². The van der Waals surface area contributed by atoms with Crippen LogP contribution in [0.5, 0.6) is 0 Å². The fourth-order valence-corrected chi connectivity index (χ4v) is 1.48. The van der Waals surface area contributed by atoms with Crippen LogP contribution in [0.4, 0.5) is 0 Å². The highest BCUT2D eigenvalue weighted by atomic mass is 16.1. The molecule has 0 saturated heterocycles. The SMILES string of the molecule is CC1=C(C=O)Cn2cccc21. The lowest BCUT2D eigenvalue weighted by Crippen LogP contribution is -1.93. The van der Waals surface area contributed by atoms with Gasteiger partial charge in [-0.05, 0) is 24.6 Å². The van der Waals surface area contributed by atoms with Crippen LogP contribution in [-0.4, -0.2) is 10.9 Å². The predicted molar refractivity (Wildman–Crippen MR) is 43.1 cm³/mol. The maximum Gasteiger partial charge on any atom is 0.148 e. The smallest absolute Gasteiger partial charge is 0.148 e. The number of carbonyl (C=O) groups is 1. The summed E-state index contributed by atoms with van der Waals surface area (Å²) in [5.74, 6) is 0. The fraction of sp³-hybridized carbons (Fsp3) is 0.222. The van der Waals surface area contributed by atoms with Crippen LogP contribution in [0.3, 0.4) is 0 Å². The highest BCUT2D eigenvalue weighted by Gasteiger charge is 2.15. The molecule has 0 spiro atoms. The van der Waals surface area contributed by atoms with Gasteiger partial charge in [0.1, 0.15) is 6.29 Å². The average molecular weight is 147 g/mol. The van der Waals surface area contributed by atoms with Crippen molar-refractivity contribution < 1.29 is 4.79 Å². The summed E-state index contributed by atoms with van der Waals surface area (Å²) in [7, 11) is 0. The van der Waals surface area contributed by atoms with Gasteiger partial charge in [-0.15, -0.1) is 0 Å². The van der Waals surface area contributed by atoms with Crippen molar-refractivity contribution in [3.05, 3.63) is 29.6 Å². The largest absolute Gasteiger partial charge is 0.343 e. The second-order valence-electron chi connectivity index (χ2n) is 2.79. The molecule has 11 heavy (non-hydrogen) atoms. The van der Waals surface area contributed by atoms with E-state index >= 15 is 0 Å². The minimum Gasteiger partial charge on any atom is -0.343 e. The molecule has 0 aliphatic carbocycles. The molecule has 0 radical (unpaired) electrons. The molecule has 1 aliphatic rings. The monoisotopic (exact) mass is 147 g/mol. The molecule has 2 heterocycles. The summed E-state index contributed by atoms with van der Waals surface area (Å²) in [6.45, 7) is 2.74. The topological polar surface area (TPSA) is 22.0 Å². The van der Waals surface area contributed by atoms with Crippen LogP contribution >= 0.6 is 0 Å². The third-order valence-electron chi connectivity index (χ3n) is 2.18. The van der Waals surface area contributed by atoms with Crippen molar-refractivity contribution in [1.29, 1.82) is 0 Å². The zero-order valence-electron chi connectivity index (χ0n) is 6.37. The third kappa shape index (κ3) is 0.755. The lowest BCUT2D eigenvalue weighted by molar-refractivity contribution is -0.105. The summed E-state index contributed by atoms with van der Waals surface area (Å²) in [6.07, 6.45) is 2.94. The molecule has 56 valence electrons. The molecule has 0 unspecified atom stereocenters. The zero-order chi connectivity index (χ0) is 7.84. The van der Waals surface area contributed by atoms with Gasteiger partial charge in [0.2, 0.25) is 0 Å². The number of hydrogen-bond acceptors (Lipinski definition) is 1. The van der Waals surface area contributed by atoms with Gasteiger partial charge in [0.15, 0.2) is 0 Å². The Balaban J connectivity index is 2.55. The van der Waals surface area contributed by atoms with Gasteiger partial charge in [-0.2, -0.15) is 0 Å². The van der Waals surface area contributed by atoms with Crippen LogP contribution in [0, 0.1) is 0 Å². The van der Waals surface area contributed by atoms with Gasteiger partial charge in [-0.3, -0.25) is 4.79 Å². The quantitative estimate of drug-likeness (QED) is 0.551. The van der Waals surface area contributed by atoms with Crippen molar-refractivity contribution >= 4 is 11.9 Å². The Morgan fingerprint density at radius 2 is 2.45 bits per heavy atom. The molecule has 2 rings (SSSR count). The van der Waals surface area contributed by atoms with Crippen LogP contribution in [0.2, 0.25) is 0 Å². The van der Waals surface area contributed by atoms with E-state index in [0.29, 0.717) is 0 Å². The lowest BCUT2D eigenvalue weighted by atomic mass is 10.1. The molecular weight excluding hydrogens is 138 g/mol. The van der Waals surface area contributed by atoms with Crippen molar-refractivity contribution in [3.8, 4) is 0 Å². The Labute approximate surface area is 65.1 Å². The van der Waals surface area contributed by atoms with Gasteiger partial charge in [0.25, 0.3) is 0 Å². The van der Waals surface area contributed by atoms with Gasteiger partial charge in [0, 0.05) is 17.5 Å². The summed E-state index contributed by atoms with van der Waals surface area (Å²) in [5, 5.41) is 0.